The predicted molar refractivity (Wildman–Crippen MR) is 64.5 cm³/mol. The summed E-state index contributed by atoms with van der Waals surface area (Å²) >= 11 is 0. The standard InChI is InChI=1S/C12H17F3N2O/c1-17(5-6-18-2)11-4-3-9(8-16)7-10(11)12(13,14)15/h3-4,7H,5-6,8,16H2,1-2H3. The molecule has 0 saturated carbocycles. The van der Waals surface area contributed by atoms with Gasteiger partial charge in [-0.1, -0.05) is 6.07 Å². The van der Waals surface area contributed by atoms with Crippen molar-refractivity contribution < 1.29 is 17.9 Å². The summed E-state index contributed by atoms with van der Waals surface area (Å²) in [7, 11) is 3.11. The molecule has 0 amide bonds. The first-order chi connectivity index (χ1) is 8.40. The molecule has 102 valence electrons. The van der Waals surface area contributed by atoms with E-state index in [4.69, 9.17) is 10.5 Å². The number of likely N-dealkylation sites (N-methyl/N-ethyl adjacent to an activating group) is 1. The molecular weight excluding hydrogens is 245 g/mol. The van der Waals surface area contributed by atoms with Crippen molar-refractivity contribution in [3.8, 4) is 0 Å². The Morgan fingerprint density at radius 3 is 2.50 bits per heavy atom. The van der Waals surface area contributed by atoms with Gasteiger partial charge in [-0.2, -0.15) is 13.2 Å². The highest BCUT2D eigenvalue weighted by Crippen LogP contribution is 2.36. The molecule has 0 atom stereocenters. The molecule has 0 unspecified atom stereocenters. The van der Waals surface area contributed by atoms with Gasteiger partial charge in [0.25, 0.3) is 0 Å². The Morgan fingerprint density at radius 2 is 2.00 bits per heavy atom. The van der Waals surface area contributed by atoms with Crippen LogP contribution in [0.1, 0.15) is 11.1 Å². The molecule has 1 aromatic rings. The number of alkyl halides is 3. The van der Waals surface area contributed by atoms with Crippen LogP contribution < -0.4 is 10.6 Å². The SMILES string of the molecule is COCCN(C)c1ccc(CN)cc1C(F)(F)F. The molecule has 0 fully saturated rings. The van der Waals surface area contributed by atoms with Crippen LogP contribution in [0.25, 0.3) is 0 Å². The van der Waals surface area contributed by atoms with Crippen LogP contribution in [0.5, 0.6) is 0 Å². The van der Waals surface area contributed by atoms with Crippen molar-refractivity contribution in [1.29, 1.82) is 0 Å². The highest BCUT2D eigenvalue weighted by atomic mass is 19.4. The number of benzene rings is 1. The van der Waals surface area contributed by atoms with Crippen molar-refractivity contribution in [3.63, 3.8) is 0 Å². The minimum atomic E-state index is -4.39. The highest BCUT2D eigenvalue weighted by molar-refractivity contribution is 5.56. The third kappa shape index (κ3) is 3.61. The van der Waals surface area contributed by atoms with Gasteiger partial charge in [0.1, 0.15) is 0 Å². The molecule has 0 aliphatic carbocycles. The fourth-order valence-electron chi connectivity index (χ4n) is 1.62. The Labute approximate surface area is 104 Å². The summed E-state index contributed by atoms with van der Waals surface area (Å²) in [4.78, 5) is 1.52. The number of nitrogens with two attached hydrogens (primary N) is 1. The molecule has 1 aromatic carbocycles. The zero-order valence-electron chi connectivity index (χ0n) is 10.4. The summed E-state index contributed by atoms with van der Waals surface area (Å²) in [6, 6.07) is 4.15. The number of nitrogens with zero attached hydrogens (tertiary/aromatic N) is 1. The van der Waals surface area contributed by atoms with Crippen molar-refractivity contribution in [2.24, 2.45) is 5.73 Å². The molecule has 0 radical (unpaired) electrons. The van der Waals surface area contributed by atoms with Crippen molar-refractivity contribution >= 4 is 5.69 Å². The quantitative estimate of drug-likeness (QED) is 0.884. The molecule has 3 nitrogen and oxygen atoms in total. The molecule has 1 rings (SSSR count). The lowest BCUT2D eigenvalue weighted by Crippen LogP contribution is -2.25. The molecule has 0 saturated heterocycles. The largest absolute Gasteiger partial charge is 0.418 e. The van der Waals surface area contributed by atoms with Crippen LogP contribution in [0.15, 0.2) is 18.2 Å². The Bertz CT molecular complexity index is 393. The Morgan fingerprint density at radius 1 is 1.33 bits per heavy atom. The maximum absolute atomic E-state index is 12.9. The lowest BCUT2D eigenvalue weighted by Gasteiger charge is -2.23. The molecule has 2 N–H and O–H groups in total. The third-order valence-corrected chi connectivity index (χ3v) is 2.64. The zero-order chi connectivity index (χ0) is 13.8. The molecule has 0 aliphatic rings. The number of halogens is 3. The van der Waals surface area contributed by atoms with E-state index in [1.807, 2.05) is 0 Å². The molecule has 0 heterocycles. The summed E-state index contributed by atoms with van der Waals surface area (Å²) in [6.45, 7) is 0.846. The third-order valence-electron chi connectivity index (χ3n) is 2.64. The Balaban J connectivity index is 3.10. The first kappa shape index (κ1) is 14.8. The minimum Gasteiger partial charge on any atom is -0.383 e. The van der Waals surface area contributed by atoms with Gasteiger partial charge in [-0.3, -0.25) is 0 Å². The number of hydrogen-bond donors (Lipinski definition) is 1. The summed E-state index contributed by atoms with van der Waals surface area (Å²) in [6.07, 6.45) is -4.39. The van der Waals surface area contributed by atoms with Gasteiger partial charge in [-0.25, -0.2) is 0 Å². The number of rotatable bonds is 5. The zero-order valence-corrected chi connectivity index (χ0v) is 10.4. The first-order valence-electron chi connectivity index (χ1n) is 5.50. The normalized spacial score (nSPS) is 11.7. The van der Waals surface area contributed by atoms with E-state index in [2.05, 4.69) is 0 Å². The van der Waals surface area contributed by atoms with Gasteiger partial charge >= 0.3 is 6.18 Å². The van der Waals surface area contributed by atoms with Crippen molar-refractivity contribution in [2.75, 3.05) is 32.2 Å². The molecule has 0 aliphatic heterocycles. The first-order valence-corrected chi connectivity index (χ1v) is 5.50. The summed E-state index contributed by atoms with van der Waals surface area (Å²) in [5.41, 5.74) is 5.30. The molecule has 0 bridgehead atoms. The van der Waals surface area contributed by atoms with E-state index in [9.17, 15) is 13.2 Å². The molecule has 6 heteroatoms. The fourth-order valence-corrected chi connectivity index (χ4v) is 1.62. The smallest absolute Gasteiger partial charge is 0.383 e. The van der Waals surface area contributed by atoms with Crippen molar-refractivity contribution in [3.05, 3.63) is 29.3 Å². The minimum absolute atomic E-state index is 0.0884. The van der Waals surface area contributed by atoms with Crippen LogP contribution in [0.3, 0.4) is 0 Å². The fraction of sp³-hybridized carbons (Fsp3) is 0.500. The Kier molecular flexibility index (Phi) is 4.98. The van der Waals surface area contributed by atoms with Crippen LogP contribution in [-0.2, 0) is 17.5 Å². The molecule has 18 heavy (non-hydrogen) atoms. The monoisotopic (exact) mass is 262 g/mol. The van der Waals surface area contributed by atoms with E-state index < -0.39 is 11.7 Å². The van der Waals surface area contributed by atoms with Gasteiger partial charge in [-0.05, 0) is 17.7 Å². The van der Waals surface area contributed by atoms with E-state index in [1.54, 1.807) is 13.1 Å². The van der Waals surface area contributed by atoms with Gasteiger partial charge in [0.15, 0.2) is 0 Å². The summed E-state index contributed by atoms with van der Waals surface area (Å²) in [5, 5.41) is 0. The van der Waals surface area contributed by atoms with E-state index in [0.717, 1.165) is 6.07 Å². The summed E-state index contributed by atoms with van der Waals surface area (Å²) < 4.78 is 43.7. The Hall–Kier alpha value is -1.27. The van der Waals surface area contributed by atoms with Crippen LogP contribution in [0, 0.1) is 0 Å². The van der Waals surface area contributed by atoms with Crippen LogP contribution in [0.4, 0.5) is 18.9 Å². The molecule has 0 aromatic heterocycles. The average molecular weight is 262 g/mol. The lowest BCUT2D eigenvalue weighted by molar-refractivity contribution is -0.137. The van der Waals surface area contributed by atoms with E-state index >= 15 is 0 Å². The maximum Gasteiger partial charge on any atom is 0.418 e. The lowest BCUT2D eigenvalue weighted by atomic mass is 10.1. The topological polar surface area (TPSA) is 38.5 Å². The van der Waals surface area contributed by atoms with E-state index in [-0.39, 0.29) is 12.2 Å². The number of ether oxygens (including phenoxy) is 1. The van der Waals surface area contributed by atoms with E-state index in [1.165, 1.54) is 18.1 Å². The summed E-state index contributed by atoms with van der Waals surface area (Å²) in [5.74, 6) is 0. The highest BCUT2D eigenvalue weighted by Gasteiger charge is 2.34. The van der Waals surface area contributed by atoms with Crippen LogP contribution in [0.2, 0.25) is 0 Å². The number of anilines is 1. The van der Waals surface area contributed by atoms with Crippen molar-refractivity contribution in [2.45, 2.75) is 12.7 Å². The molecular formula is C12H17F3N2O. The second-order valence-electron chi connectivity index (χ2n) is 3.97. The maximum atomic E-state index is 12.9. The number of methoxy groups -OCH3 is 1. The van der Waals surface area contributed by atoms with Gasteiger partial charge in [0.2, 0.25) is 0 Å². The van der Waals surface area contributed by atoms with Gasteiger partial charge in [0, 0.05) is 32.9 Å². The molecule has 0 spiro atoms. The predicted octanol–water partition coefficient (Wildman–Crippen LogP) is 2.25. The average Bonchev–Trinajstić information content (AvgIpc) is 2.34. The van der Waals surface area contributed by atoms with Gasteiger partial charge in [0.05, 0.1) is 12.2 Å². The van der Waals surface area contributed by atoms with Crippen LogP contribution >= 0.6 is 0 Å². The second-order valence-corrected chi connectivity index (χ2v) is 3.97. The van der Waals surface area contributed by atoms with Crippen LogP contribution in [-0.4, -0.2) is 27.3 Å². The second kappa shape index (κ2) is 6.06. The van der Waals surface area contributed by atoms with Gasteiger partial charge in [-0.15, -0.1) is 0 Å². The van der Waals surface area contributed by atoms with Gasteiger partial charge < -0.3 is 15.4 Å². The van der Waals surface area contributed by atoms with Crippen molar-refractivity contribution in [1.82, 2.24) is 0 Å². The van der Waals surface area contributed by atoms with E-state index in [0.29, 0.717) is 18.7 Å². The number of hydrogen-bond acceptors (Lipinski definition) is 3.